The number of urea groups is 1. The van der Waals surface area contributed by atoms with Gasteiger partial charge in [-0.05, 0) is 74.0 Å². The predicted octanol–water partition coefficient (Wildman–Crippen LogP) is 7.23. The van der Waals surface area contributed by atoms with Gasteiger partial charge in [0, 0.05) is 34.6 Å². The van der Waals surface area contributed by atoms with Crippen molar-refractivity contribution >= 4 is 50.7 Å². The van der Waals surface area contributed by atoms with Crippen LogP contribution in [0.15, 0.2) is 76.1 Å². The van der Waals surface area contributed by atoms with Crippen LogP contribution < -0.4 is 21.3 Å². The Labute approximate surface area is 277 Å². The van der Waals surface area contributed by atoms with Crippen molar-refractivity contribution in [1.82, 2.24) is 9.97 Å². The van der Waals surface area contributed by atoms with Crippen LogP contribution in [0.5, 0.6) is 0 Å². The molecule has 0 spiro atoms. The Morgan fingerprint density at radius 3 is 2.33 bits per heavy atom. The number of amides is 3. The van der Waals surface area contributed by atoms with Gasteiger partial charge < -0.3 is 31.1 Å². The first kappa shape index (κ1) is 36.5. The first-order valence-corrected chi connectivity index (χ1v) is 16.3. The maximum absolute atomic E-state index is 15.2. The topological polar surface area (TPSA) is 167 Å². The number of aliphatic hydroxyl groups excluding tert-OH is 1. The number of halogens is 5. The highest BCUT2D eigenvalue weighted by Crippen LogP contribution is 2.33. The monoisotopic (exact) mass is 707 g/mol. The molecule has 0 fully saturated rings. The van der Waals surface area contributed by atoms with Crippen molar-refractivity contribution in [2.45, 2.75) is 31.0 Å². The molecule has 260 valence electrons. The third-order valence-corrected chi connectivity index (χ3v) is 8.22. The fourth-order valence-electron chi connectivity index (χ4n) is 4.16. The molecular formula is C31H30F5N7O5S. The number of nitrogens with zero attached hydrogens (tertiary/aromatic N) is 3. The van der Waals surface area contributed by atoms with Crippen LogP contribution in [-0.2, 0) is 20.6 Å². The van der Waals surface area contributed by atoms with Gasteiger partial charge in [0.15, 0.2) is 0 Å². The molecule has 4 rings (SSSR count). The van der Waals surface area contributed by atoms with Crippen LogP contribution in [0.2, 0.25) is 0 Å². The molecule has 1 heterocycles. The summed E-state index contributed by atoms with van der Waals surface area (Å²) in [6.45, 7) is 3.07. The lowest BCUT2D eigenvalue weighted by molar-refractivity contribution is -0.137. The molecule has 1 aromatic heterocycles. The first-order valence-electron chi connectivity index (χ1n) is 14.3. The SMILES string of the molecule is CCOC(=O)N=S(C)(=O)c1ccc(Nc2ncc(-c3ccc(NC(=O)Nc4cc(C(F)(F)F)ccc4F)c(F)c3)c(N[C@H](C)CO)n2)cc1. The Balaban J connectivity index is 1.54. The van der Waals surface area contributed by atoms with E-state index in [0.29, 0.717) is 29.4 Å². The number of hydrogen-bond acceptors (Lipinski definition) is 9. The second-order valence-electron chi connectivity index (χ2n) is 10.4. The van der Waals surface area contributed by atoms with Crippen LogP contribution in [0.1, 0.15) is 19.4 Å². The molecule has 12 nitrogen and oxygen atoms in total. The first-order chi connectivity index (χ1) is 23.1. The molecule has 0 saturated carbocycles. The predicted molar refractivity (Wildman–Crippen MR) is 173 cm³/mol. The number of carbonyl (C=O) groups is 2. The molecule has 0 aliphatic rings. The maximum Gasteiger partial charge on any atom is 0.442 e. The van der Waals surface area contributed by atoms with E-state index < -0.39 is 57.0 Å². The summed E-state index contributed by atoms with van der Waals surface area (Å²) in [6, 6.07) is 9.58. The zero-order valence-electron chi connectivity index (χ0n) is 26.1. The fraction of sp³-hybridized carbons (Fsp3) is 0.226. The van der Waals surface area contributed by atoms with E-state index in [-0.39, 0.29) is 41.1 Å². The summed E-state index contributed by atoms with van der Waals surface area (Å²) in [5.41, 5.74) is -1.27. The molecule has 0 saturated heterocycles. The lowest BCUT2D eigenvalue weighted by Crippen LogP contribution is -2.21. The number of rotatable bonds is 10. The van der Waals surface area contributed by atoms with Gasteiger partial charge in [-0.15, -0.1) is 4.36 Å². The normalized spacial score (nSPS) is 13.1. The summed E-state index contributed by atoms with van der Waals surface area (Å²) in [5, 5.41) is 19.7. The van der Waals surface area contributed by atoms with Crippen LogP contribution >= 0.6 is 0 Å². The van der Waals surface area contributed by atoms with E-state index in [1.54, 1.807) is 26.0 Å². The van der Waals surface area contributed by atoms with Gasteiger partial charge in [0.25, 0.3) is 0 Å². The quantitative estimate of drug-likeness (QED) is 0.107. The van der Waals surface area contributed by atoms with Gasteiger partial charge in [0.05, 0.1) is 39.9 Å². The van der Waals surface area contributed by atoms with E-state index in [1.165, 1.54) is 36.7 Å². The van der Waals surface area contributed by atoms with Crippen molar-refractivity contribution in [3.63, 3.8) is 0 Å². The van der Waals surface area contributed by atoms with E-state index in [2.05, 4.69) is 30.3 Å². The number of hydrogen-bond donors (Lipinski definition) is 5. The third kappa shape index (κ3) is 9.60. The van der Waals surface area contributed by atoms with E-state index in [4.69, 9.17) is 4.74 Å². The zero-order chi connectivity index (χ0) is 35.9. The molecule has 5 N–H and O–H groups in total. The summed E-state index contributed by atoms with van der Waals surface area (Å²) >= 11 is 0. The molecule has 0 bridgehead atoms. The number of aliphatic hydroxyl groups is 1. The van der Waals surface area contributed by atoms with Crippen LogP contribution in [0, 0.1) is 11.6 Å². The van der Waals surface area contributed by atoms with Gasteiger partial charge in [-0.1, -0.05) is 6.07 Å². The van der Waals surface area contributed by atoms with Crippen molar-refractivity contribution in [3.05, 3.63) is 84.1 Å². The molecule has 3 amide bonds. The lowest BCUT2D eigenvalue weighted by atomic mass is 10.1. The number of alkyl halides is 3. The highest BCUT2D eigenvalue weighted by Gasteiger charge is 2.31. The highest BCUT2D eigenvalue weighted by molar-refractivity contribution is 7.93. The number of benzene rings is 3. The van der Waals surface area contributed by atoms with Crippen LogP contribution in [-0.4, -0.2) is 56.9 Å². The molecule has 0 radical (unpaired) electrons. The zero-order valence-corrected chi connectivity index (χ0v) is 26.9. The van der Waals surface area contributed by atoms with E-state index in [1.807, 2.05) is 5.32 Å². The summed E-state index contributed by atoms with van der Waals surface area (Å²) in [5.74, 6) is -1.78. The number of nitrogens with one attached hydrogen (secondary N) is 4. The second-order valence-corrected chi connectivity index (χ2v) is 12.7. The second kappa shape index (κ2) is 15.2. The summed E-state index contributed by atoms with van der Waals surface area (Å²) in [7, 11) is -3.07. The van der Waals surface area contributed by atoms with E-state index in [9.17, 15) is 36.5 Å². The number of carbonyl (C=O) groups excluding carboxylic acids is 2. The summed E-state index contributed by atoms with van der Waals surface area (Å²) in [4.78, 5) is 33.1. The highest BCUT2D eigenvalue weighted by atomic mass is 32.2. The van der Waals surface area contributed by atoms with Crippen LogP contribution in [0.4, 0.5) is 60.4 Å². The van der Waals surface area contributed by atoms with Gasteiger partial charge in [-0.2, -0.15) is 18.2 Å². The molecule has 0 aliphatic carbocycles. The Bertz CT molecular complexity index is 1970. The molecule has 18 heteroatoms. The molecule has 1 unspecified atom stereocenters. The van der Waals surface area contributed by atoms with Gasteiger partial charge in [-0.3, -0.25) is 0 Å². The Morgan fingerprint density at radius 1 is 1.00 bits per heavy atom. The molecular weight excluding hydrogens is 677 g/mol. The average Bonchev–Trinajstić information content (AvgIpc) is 3.03. The maximum atomic E-state index is 15.2. The van der Waals surface area contributed by atoms with Crippen molar-refractivity contribution in [1.29, 1.82) is 0 Å². The van der Waals surface area contributed by atoms with Gasteiger partial charge in [0.1, 0.15) is 17.5 Å². The largest absolute Gasteiger partial charge is 0.448 e. The Hall–Kier alpha value is -5.36. The minimum atomic E-state index is -4.78. The van der Waals surface area contributed by atoms with Crippen molar-refractivity contribution in [2.75, 3.05) is 40.7 Å². The fourth-order valence-corrected chi connectivity index (χ4v) is 5.25. The van der Waals surface area contributed by atoms with Crippen molar-refractivity contribution in [3.8, 4) is 11.1 Å². The number of ether oxygens (including phenoxy) is 1. The smallest absolute Gasteiger partial charge is 0.442 e. The van der Waals surface area contributed by atoms with Gasteiger partial charge >= 0.3 is 18.3 Å². The summed E-state index contributed by atoms with van der Waals surface area (Å²) in [6.07, 6.45) is -3.04. The Morgan fingerprint density at radius 2 is 1.69 bits per heavy atom. The molecule has 49 heavy (non-hydrogen) atoms. The minimum absolute atomic E-state index is 0.0853. The average molecular weight is 708 g/mol. The van der Waals surface area contributed by atoms with Crippen molar-refractivity contribution < 1.29 is 45.6 Å². The third-order valence-electron chi connectivity index (χ3n) is 6.58. The number of aromatic nitrogens is 2. The Kier molecular flexibility index (Phi) is 11.3. The van der Waals surface area contributed by atoms with E-state index >= 15 is 4.39 Å². The standard InChI is InChI=1S/C31H30F5N7O5S/c1-4-48-30(46)43-49(3,47)21-9-7-20(8-10-21)39-28-37-15-22(27(42-28)38-17(2)16-44)18-5-12-25(24(33)13-18)40-29(45)41-26-14-19(31(34,35)36)6-11-23(26)32/h5-15,17,44H,4,16H2,1-3H3,(H2,40,41,45)(H2,37,38,39,42)/t17-,49?/m1/s1. The number of anilines is 5. The lowest BCUT2D eigenvalue weighted by Gasteiger charge is -2.17. The molecule has 0 aliphatic heterocycles. The molecule has 4 aromatic rings. The van der Waals surface area contributed by atoms with E-state index in [0.717, 1.165) is 6.07 Å². The van der Waals surface area contributed by atoms with Crippen LogP contribution in [0.25, 0.3) is 11.1 Å². The van der Waals surface area contributed by atoms with Gasteiger partial charge in [-0.25, -0.2) is 27.6 Å². The van der Waals surface area contributed by atoms with Crippen LogP contribution in [0.3, 0.4) is 0 Å². The summed E-state index contributed by atoms with van der Waals surface area (Å²) < 4.78 is 89.4. The van der Waals surface area contributed by atoms with Gasteiger partial charge in [0.2, 0.25) is 5.95 Å². The minimum Gasteiger partial charge on any atom is -0.448 e. The molecule has 3 aromatic carbocycles. The van der Waals surface area contributed by atoms with Crippen molar-refractivity contribution in [2.24, 2.45) is 4.36 Å². The molecule has 2 atom stereocenters.